The zero-order chi connectivity index (χ0) is 8.39. The molecule has 4 nitrogen and oxygen atoms in total. The van der Waals surface area contributed by atoms with Crippen LogP contribution in [0.3, 0.4) is 0 Å². The minimum atomic E-state index is -0.512. The smallest absolute Gasteiger partial charge is 0.221 e. The molecule has 2 heterocycles. The second-order valence-electron chi connectivity index (χ2n) is 2.15. The van der Waals surface area contributed by atoms with Gasteiger partial charge in [0.15, 0.2) is 5.82 Å². The Labute approximate surface area is 67.5 Å². The summed E-state index contributed by atoms with van der Waals surface area (Å²) in [4.78, 5) is 7.23. The second-order valence-corrected chi connectivity index (χ2v) is 2.15. The van der Waals surface area contributed by atoms with Crippen LogP contribution >= 0.6 is 0 Å². The van der Waals surface area contributed by atoms with Crippen molar-refractivity contribution in [2.45, 2.75) is 0 Å². The van der Waals surface area contributed by atoms with Gasteiger partial charge in [-0.2, -0.15) is 4.39 Å². The van der Waals surface area contributed by atoms with Gasteiger partial charge in [0, 0.05) is 11.8 Å². The molecule has 0 aromatic carbocycles. The molecule has 0 unspecified atom stereocenters. The van der Waals surface area contributed by atoms with E-state index in [1.54, 1.807) is 6.07 Å². The van der Waals surface area contributed by atoms with Crippen molar-refractivity contribution in [1.29, 1.82) is 0 Å². The number of aromatic nitrogens is 4. The lowest BCUT2D eigenvalue weighted by atomic mass is 10.3. The molecule has 2 rings (SSSR count). The number of nitrogens with one attached hydrogen (secondary N) is 1. The van der Waals surface area contributed by atoms with Gasteiger partial charge in [-0.05, 0) is 12.1 Å². The molecule has 2 aromatic heterocycles. The first-order valence-corrected chi connectivity index (χ1v) is 3.26. The fourth-order valence-corrected chi connectivity index (χ4v) is 0.823. The van der Waals surface area contributed by atoms with Crippen LogP contribution in [-0.2, 0) is 0 Å². The molecule has 0 aliphatic carbocycles. The van der Waals surface area contributed by atoms with Crippen molar-refractivity contribution in [3.63, 3.8) is 0 Å². The van der Waals surface area contributed by atoms with Crippen LogP contribution in [0, 0.1) is 12.3 Å². The molecule has 2 aromatic rings. The van der Waals surface area contributed by atoms with Crippen LogP contribution in [-0.4, -0.2) is 20.2 Å². The van der Waals surface area contributed by atoms with Crippen molar-refractivity contribution in [3.8, 4) is 11.4 Å². The fourth-order valence-electron chi connectivity index (χ4n) is 0.823. The van der Waals surface area contributed by atoms with E-state index in [0.29, 0.717) is 11.4 Å². The van der Waals surface area contributed by atoms with Crippen LogP contribution in [0.4, 0.5) is 4.39 Å². The van der Waals surface area contributed by atoms with Crippen molar-refractivity contribution in [2.24, 2.45) is 0 Å². The molecule has 1 radical (unpaired) electrons. The molecule has 1 N–H and O–H groups in total. The molecule has 0 amide bonds. The molecule has 12 heavy (non-hydrogen) atoms. The first-order chi connectivity index (χ1) is 5.86. The summed E-state index contributed by atoms with van der Waals surface area (Å²) in [5, 5.41) is 6.13. The monoisotopic (exact) mass is 163 g/mol. The molecular formula is C7H4FN4. The normalized spacial score (nSPS) is 10.1. The average molecular weight is 163 g/mol. The molecule has 0 atom stereocenters. The van der Waals surface area contributed by atoms with E-state index in [4.69, 9.17) is 0 Å². The third kappa shape index (κ3) is 1.16. The Morgan fingerprint density at radius 2 is 2.33 bits per heavy atom. The van der Waals surface area contributed by atoms with Gasteiger partial charge < -0.3 is 0 Å². The molecule has 0 spiro atoms. The molecule has 0 aliphatic heterocycles. The standard InChI is InChI=1S/C7H4FN4/c8-6-2-1-5(3-9-6)7-10-4-11-12-7/h1-3H,(H,10,11,12). The number of halogens is 1. The highest BCUT2D eigenvalue weighted by molar-refractivity contribution is 5.51. The van der Waals surface area contributed by atoms with E-state index in [2.05, 4.69) is 26.5 Å². The van der Waals surface area contributed by atoms with Crippen LogP contribution in [0.5, 0.6) is 0 Å². The third-order valence-corrected chi connectivity index (χ3v) is 1.37. The highest BCUT2D eigenvalue weighted by atomic mass is 19.1. The predicted molar refractivity (Wildman–Crippen MR) is 38.4 cm³/mol. The van der Waals surface area contributed by atoms with Crippen molar-refractivity contribution in [1.82, 2.24) is 20.2 Å². The Morgan fingerprint density at radius 3 is 2.92 bits per heavy atom. The van der Waals surface area contributed by atoms with E-state index >= 15 is 0 Å². The van der Waals surface area contributed by atoms with Gasteiger partial charge in [0.05, 0.1) is 0 Å². The lowest BCUT2D eigenvalue weighted by Gasteiger charge is -1.92. The minimum Gasteiger partial charge on any atom is -0.258 e. The molecule has 0 saturated carbocycles. The summed E-state index contributed by atoms with van der Waals surface area (Å²) in [6.45, 7) is 0. The Morgan fingerprint density at radius 1 is 1.42 bits per heavy atom. The van der Waals surface area contributed by atoms with E-state index in [1.165, 1.54) is 12.3 Å². The minimum absolute atomic E-state index is 0.512. The van der Waals surface area contributed by atoms with E-state index in [0.717, 1.165) is 0 Å². The van der Waals surface area contributed by atoms with Crippen LogP contribution < -0.4 is 0 Å². The number of hydrogen-bond donors (Lipinski definition) is 1. The topological polar surface area (TPSA) is 54.5 Å². The Kier molecular flexibility index (Phi) is 1.55. The van der Waals surface area contributed by atoms with Crippen molar-refractivity contribution in [3.05, 3.63) is 30.6 Å². The van der Waals surface area contributed by atoms with Gasteiger partial charge in [-0.25, -0.2) is 9.97 Å². The molecule has 0 fully saturated rings. The average Bonchev–Trinajstić information content (AvgIpc) is 2.58. The number of rotatable bonds is 1. The van der Waals surface area contributed by atoms with Gasteiger partial charge >= 0.3 is 0 Å². The highest BCUT2D eigenvalue weighted by Gasteiger charge is 2.00. The van der Waals surface area contributed by atoms with E-state index in [9.17, 15) is 4.39 Å². The second kappa shape index (κ2) is 2.69. The van der Waals surface area contributed by atoms with Gasteiger partial charge in [0.2, 0.25) is 12.3 Å². The first kappa shape index (κ1) is 6.90. The number of nitrogens with zero attached hydrogens (tertiary/aromatic N) is 3. The summed E-state index contributed by atoms with van der Waals surface area (Å²) in [5.74, 6) is 0.0183. The van der Waals surface area contributed by atoms with Gasteiger partial charge in [-0.15, -0.1) is 5.10 Å². The van der Waals surface area contributed by atoms with Crippen molar-refractivity contribution < 1.29 is 4.39 Å². The van der Waals surface area contributed by atoms with Gasteiger partial charge in [-0.1, -0.05) is 0 Å². The molecule has 5 heteroatoms. The maximum atomic E-state index is 12.4. The highest BCUT2D eigenvalue weighted by Crippen LogP contribution is 2.10. The summed E-state index contributed by atoms with van der Waals surface area (Å²) in [6.07, 6.45) is 3.74. The van der Waals surface area contributed by atoms with Gasteiger partial charge in [0.1, 0.15) is 0 Å². The molecular weight excluding hydrogens is 159 g/mol. The van der Waals surface area contributed by atoms with Gasteiger partial charge in [-0.3, -0.25) is 5.10 Å². The maximum absolute atomic E-state index is 12.4. The van der Waals surface area contributed by atoms with E-state index in [-0.39, 0.29) is 0 Å². The Balaban J connectivity index is 2.43. The van der Waals surface area contributed by atoms with Crippen LogP contribution in [0.15, 0.2) is 18.3 Å². The summed E-state index contributed by atoms with van der Waals surface area (Å²) >= 11 is 0. The lowest BCUT2D eigenvalue weighted by Crippen LogP contribution is -1.85. The van der Waals surface area contributed by atoms with Crippen LogP contribution in [0.25, 0.3) is 11.4 Å². The summed E-state index contributed by atoms with van der Waals surface area (Å²) in [7, 11) is 0. The van der Waals surface area contributed by atoms with E-state index in [1.807, 2.05) is 0 Å². The first-order valence-electron chi connectivity index (χ1n) is 3.26. The zero-order valence-electron chi connectivity index (χ0n) is 5.95. The number of aromatic amines is 1. The number of H-pyrrole nitrogens is 1. The molecule has 0 bridgehead atoms. The predicted octanol–water partition coefficient (Wildman–Crippen LogP) is 0.806. The Bertz CT molecular complexity index is 353. The van der Waals surface area contributed by atoms with Crippen LogP contribution in [0.1, 0.15) is 0 Å². The summed E-state index contributed by atoms with van der Waals surface area (Å²) in [6, 6.07) is 2.83. The molecule has 0 aliphatic rings. The maximum Gasteiger partial charge on any atom is 0.221 e. The van der Waals surface area contributed by atoms with Crippen molar-refractivity contribution in [2.75, 3.05) is 0 Å². The summed E-state index contributed by atoms with van der Waals surface area (Å²) < 4.78 is 12.4. The SMILES string of the molecule is Fc1ccc(-c2n[c]n[nH]2)cn1. The summed E-state index contributed by atoms with van der Waals surface area (Å²) in [5.41, 5.74) is 0.685. The Hall–Kier alpha value is -1.78. The fraction of sp³-hybridized carbons (Fsp3) is 0. The van der Waals surface area contributed by atoms with Gasteiger partial charge in [0.25, 0.3) is 0 Å². The zero-order valence-corrected chi connectivity index (χ0v) is 5.95. The molecule has 0 saturated heterocycles. The number of pyridine rings is 1. The van der Waals surface area contributed by atoms with Crippen molar-refractivity contribution >= 4 is 0 Å². The van der Waals surface area contributed by atoms with E-state index < -0.39 is 5.95 Å². The van der Waals surface area contributed by atoms with Crippen LogP contribution in [0.2, 0.25) is 0 Å². The third-order valence-electron chi connectivity index (χ3n) is 1.37. The number of hydrogen-bond acceptors (Lipinski definition) is 3. The lowest BCUT2D eigenvalue weighted by molar-refractivity contribution is 0.584. The molecule has 59 valence electrons. The largest absolute Gasteiger partial charge is 0.258 e. The quantitative estimate of drug-likeness (QED) is 0.633.